The van der Waals surface area contributed by atoms with Crippen molar-refractivity contribution in [3.63, 3.8) is 0 Å². The van der Waals surface area contributed by atoms with E-state index in [1.807, 2.05) is 0 Å². The maximum atomic E-state index is 12.0. The number of hydrogen-bond donors (Lipinski definition) is 1. The zero-order valence-electron chi connectivity index (χ0n) is 12.9. The lowest BCUT2D eigenvalue weighted by Crippen LogP contribution is -2.30. The maximum Gasteiger partial charge on any atom is 0.339 e. The monoisotopic (exact) mass is 336 g/mol. The van der Waals surface area contributed by atoms with Crippen LogP contribution < -0.4 is 10.4 Å². The Bertz CT molecular complexity index is 850. The summed E-state index contributed by atoms with van der Waals surface area (Å²) in [5.41, 5.74) is 0.786. The van der Waals surface area contributed by atoms with Gasteiger partial charge in [0.15, 0.2) is 0 Å². The summed E-state index contributed by atoms with van der Waals surface area (Å²) in [6.45, 7) is 3.09. The van der Waals surface area contributed by atoms with Crippen molar-refractivity contribution >= 4 is 28.5 Å². The van der Waals surface area contributed by atoms with Crippen molar-refractivity contribution in [3.05, 3.63) is 38.7 Å². The van der Waals surface area contributed by atoms with E-state index in [-0.39, 0.29) is 12.2 Å². The number of carboxylic acids is 1. The van der Waals surface area contributed by atoms with Crippen LogP contribution >= 0.6 is 11.6 Å². The Balaban J connectivity index is 2.01. The van der Waals surface area contributed by atoms with E-state index >= 15 is 0 Å². The van der Waals surface area contributed by atoms with Gasteiger partial charge in [0.1, 0.15) is 17.9 Å². The van der Waals surface area contributed by atoms with Gasteiger partial charge in [-0.05, 0) is 44.7 Å². The molecule has 0 fully saturated rings. The van der Waals surface area contributed by atoms with E-state index in [1.165, 1.54) is 0 Å². The predicted molar refractivity (Wildman–Crippen MR) is 86.4 cm³/mol. The van der Waals surface area contributed by atoms with E-state index in [2.05, 4.69) is 0 Å². The summed E-state index contributed by atoms with van der Waals surface area (Å²) in [6, 6.07) is 3.29. The Morgan fingerprint density at radius 1 is 1.35 bits per heavy atom. The summed E-state index contributed by atoms with van der Waals surface area (Å²) < 4.78 is 10.9. The Kier molecular flexibility index (Phi) is 3.84. The van der Waals surface area contributed by atoms with E-state index in [9.17, 15) is 9.59 Å². The topological polar surface area (TPSA) is 76.7 Å². The van der Waals surface area contributed by atoms with Crippen LogP contribution in [-0.4, -0.2) is 17.7 Å². The molecule has 0 saturated heterocycles. The van der Waals surface area contributed by atoms with Crippen LogP contribution in [0.25, 0.3) is 11.0 Å². The van der Waals surface area contributed by atoms with Gasteiger partial charge in [0.05, 0.1) is 10.4 Å². The standard InChI is InChI=1S/C17H17ClO5/c1-17(2,16(20)21)8-22-14-7-13-11(6-12(14)18)9-4-3-5-10(9)15(19)23-13/h6-7H,3-5,8H2,1-2H3,(H,20,21). The number of ether oxygens (including phenoxy) is 1. The lowest BCUT2D eigenvalue weighted by atomic mass is 9.95. The number of aryl methyl sites for hydroxylation is 1. The van der Waals surface area contributed by atoms with Gasteiger partial charge in [-0.1, -0.05) is 11.6 Å². The molecule has 122 valence electrons. The van der Waals surface area contributed by atoms with Gasteiger partial charge in [0.2, 0.25) is 0 Å². The largest absolute Gasteiger partial charge is 0.491 e. The fourth-order valence-corrected chi connectivity index (χ4v) is 2.93. The van der Waals surface area contributed by atoms with Gasteiger partial charge in [-0.3, -0.25) is 4.79 Å². The molecule has 0 radical (unpaired) electrons. The van der Waals surface area contributed by atoms with Gasteiger partial charge < -0.3 is 14.3 Å². The summed E-state index contributed by atoms with van der Waals surface area (Å²) in [5.74, 6) is -0.645. The van der Waals surface area contributed by atoms with Crippen LogP contribution in [0, 0.1) is 5.41 Å². The van der Waals surface area contributed by atoms with Crippen LogP contribution in [0.1, 0.15) is 31.4 Å². The molecule has 0 bridgehead atoms. The third kappa shape index (κ3) is 2.81. The third-order valence-corrected chi connectivity index (χ3v) is 4.49. The summed E-state index contributed by atoms with van der Waals surface area (Å²) in [7, 11) is 0. The van der Waals surface area contributed by atoms with E-state index in [0.717, 1.165) is 35.8 Å². The fourth-order valence-electron chi connectivity index (χ4n) is 2.71. The Labute approximate surface area is 137 Å². The SMILES string of the molecule is CC(C)(COc1cc2oc(=O)c3c(c2cc1Cl)CCC3)C(=O)O. The second-order valence-electron chi connectivity index (χ2n) is 6.46. The summed E-state index contributed by atoms with van der Waals surface area (Å²) in [4.78, 5) is 23.1. The first-order valence-corrected chi connectivity index (χ1v) is 7.82. The number of halogens is 1. The third-order valence-electron chi connectivity index (χ3n) is 4.19. The molecule has 1 aromatic heterocycles. The molecule has 0 aliphatic heterocycles. The quantitative estimate of drug-likeness (QED) is 0.866. The number of rotatable bonds is 4. The molecular weight excluding hydrogens is 320 g/mol. The molecule has 0 saturated carbocycles. The van der Waals surface area contributed by atoms with Crippen molar-refractivity contribution in [2.24, 2.45) is 5.41 Å². The lowest BCUT2D eigenvalue weighted by Gasteiger charge is -2.20. The predicted octanol–water partition coefficient (Wildman–Crippen LogP) is 3.42. The van der Waals surface area contributed by atoms with E-state index in [0.29, 0.717) is 16.4 Å². The molecule has 0 atom stereocenters. The summed E-state index contributed by atoms with van der Waals surface area (Å²) >= 11 is 6.26. The van der Waals surface area contributed by atoms with Gasteiger partial charge in [-0.15, -0.1) is 0 Å². The van der Waals surface area contributed by atoms with Gasteiger partial charge in [-0.25, -0.2) is 4.79 Å². The first-order chi connectivity index (χ1) is 10.8. The zero-order chi connectivity index (χ0) is 16.8. The van der Waals surface area contributed by atoms with Gasteiger partial charge in [0, 0.05) is 17.0 Å². The molecule has 2 aromatic rings. The minimum atomic E-state index is -1.04. The highest BCUT2D eigenvalue weighted by atomic mass is 35.5. The minimum Gasteiger partial charge on any atom is -0.491 e. The van der Waals surface area contributed by atoms with Crippen LogP contribution in [0.15, 0.2) is 21.3 Å². The highest BCUT2D eigenvalue weighted by Crippen LogP contribution is 2.35. The first kappa shape index (κ1) is 15.9. The molecule has 5 nitrogen and oxygen atoms in total. The summed E-state index contributed by atoms with van der Waals surface area (Å²) in [6.07, 6.45) is 2.50. The average Bonchev–Trinajstić information content (AvgIpc) is 2.96. The number of carboxylic acid groups (broad SMARTS) is 1. The molecule has 6 heteroatoms. The molecule has 0 unspecified atom stereocenters. The summed E-state index contributed by atoms with van der Waals surface area (Å²) in [5, 5.41) is 10.3. The molecule has 1 aliphatic rings. The second kappa shape index (κ2) is 5.57. The number of hydrogen-bond acceptors (Lipinski definition) is 4. The van der Waals surface area contributed by atoms with E-state index < -0.39 is 11.4 Å². The Morgan fingerprint density at radius 2 is 2.04 bits per heavy atom. The van der Waals surface area contributed by atoms with Gasteiger partial charge >= 0.3 is 11.6 Å². The Hall–Kier alpha value is -2.01. The molecule has 1 N–H and O–H groups in total. The molecule has 23 heavy (non-hydrogen) atoms. The zero-order valence-corrected chi connectivity index (χ0v) is 13.7. The van der Waals surface area contributed by atoms with Crippen molar-refractivity contribution in [3.8, 4) is 5.75 Å². The number of benzene rings is 1. The number of aliphatic carboxylic acids is 1. The fraction of sp³-hybridized carbons (Fsp3) is 0.412. The van der Waals surface area contributed by atoms with E-state index in [1.54, 1.807) is 26.0 Å². The molecule has 1 aromatic carbocycles. The molecule has 1 aliphatic carbocycles. The normalized spacial score (nSPS) is 14.0. The lowest BCUT2D eigenvalue weighted by molar-refractivity contribution is -0.148. The maximum absolute atomic E-state index is 12.0. The van der Waals surface area contributed by atoms with Crippen molar-refractivity contribution in [2.75, 3.05) is 6.61 Å². The van der Waals surface area contributed by atoms with Gasteiger partial charge in [0.25, 0.3) is 0 Å². The van der Waals surface area contributed by atoms with Crippen LogP contribution in [0.2, 0.25) is 5.02 Å². The van der Waals surface area contributed by atoms with Crippen LogP contribution in [0.3, 0.4) is 0 Å². The molecule has 3 rings (SSSR count). The molecule has 1 heterocycles. The Morgan fingerprint density at radius 3 is 2.74 bits per heavy atom. The number of fused-ring (bicyclic) bond motifs is 3. The molecule has 0 amide bonds. The van der Waals surface area contributed by atoms with Crippen molar-refractivity contribution in [1.82, 2.24) is 0 Å². The molecular formula is C17H17ClO5. The second-order valence-corrected chi connectivity index (χ2v) is 6.86. The highest BCUT2D eigenvalue weighted by Gasteiger charge is 2.29. The average molecular weight is 337 g/mol. The molecule has 0 spiro atoms. The van der Waals surface area contributed by atoms with Crippen molar-refractivity contribution in [1.29, 1.82) is 0 Å². The van der Waals surface area contributed by atoms with Crippen LogP contribution in [0.4, 0.5) is 0 Å². The first-order valence-electron chi connectivity index (χ1n) is 7.44. The van der Waals surface area contributed by atoms with Crippen LogP contribution in [0.5, 0.6) is 5.75 Å². The van der Waals surface area contributed by atoms with Gasteiger partial charge in [-0.2, -0.15) is 0 Å². The van der Waals surface area contributed by atoms with Crippen LogP contribution in [-0.2, 0) is 17.6 Å². The minimum absolute atomic E-state index is 0.0390. The highest BCUT2D eigenvalue weighted by molar-refractivity contribution is 6.32. The smallest absolute Gasteiger partial charge is 0.339 e. The van der Waals surface area contributed by atoms with E-state index in [4.69, 9.17) is 25.9 Å². The van der Waals surface area contributed by atoms with Crippen molar-refractivity contribution < 1.29 is 19.1 Å². The number of carbonyl (C=O) groups is 1. The van der Waals surface area contributed by atoms with Crippen molar-refractivity contribution in [2.45, 2.75) is 33.1 Å².